The number of nitrogens with zero attached hydrogens (tertiary/aromatic N) is 5. The Kier molecular flexibility index (Phi) is 9.27. The molecule has 9 rings (SSSR count). The van der Waals surface area contributed by atoms with Crippen LogP contribution in [0.3, 0.4) is 0 Å². The normalized spacial score (nSPS) is 28.7. The summed E-state index contributed by atoms with van der Waals surface area (Å²) in [6.07, 6.45) is 9.23. The van der Waals surface area contributed by atoms with Crippen LogP contribution in [0.4, 0.5) is 5.82 Å². The van der Waals surface area contributed by atoms with Gasteiger partial charge in [0.2, 0.25) is 0 Å². The van der Waals surface area contributed by atoms with E-state index in [4.69, 9.17) is 13.8 Å². The average molecular weight is 733 g/mol. The lowest BCUT2D eigenvalue weighted by Gasteiger charge is -2.32. The van der Waals surface area contributed by atoms with Gasteiger partial charge in [-0.1, -0.05) is 109 Å². The molecule has 2 aromatic heterocycles. The number of imidazole rings is 1. The fourth-order valence-electron chi connectivity index (χ4n) is 9.16. The molecule has 0 spiro atoms. The summed E-state index contributed by atoms with van der Waals surface area (Å²) in [6, 6.07) is 33.3. The van der Waals surface area contributed by atoms with Crippen molar-refractivity contribution >= 4 is 49.9 Å². The van der Waals surface area contributed by atoms with Gasteiger partial charge < -0.3 is 19.1 Å². The van der Waals surface area contributed by atoms with Crippen molar-refractivity contribution < 1.29 is 18.6 Å². The van der Waals surface area contributed by atoms with Crippen LogP contribution in [0.2, 0.25) is 12.6 Å². The first-order valence-corrected chi connectivity index (χ1v) is 22.6. The molecule has 0 radical (unpaired) electrons. The van der Waals surface area contributed by atoms with Crippen LogP contribution in [-0.2, 0) is 13.8 Å². The van der Waals surface area contributed by atoms with Crippen molar-refractivity contribution in [1.82, 2.24) is 24.2 Å². The smallest absolute Gasteiger partial charge is 0.260 e. The number of rotatable bonds is 10. The summed E-state index contributed by atoms with van der Waals surface area (Å²) < 4.78 is 25.7. The second-order valence-electron chi connectivity index (χ2n) is 14.9. The van der Waals surface area contributed by atoms with Crippen LogP contribution in [0.5, 0.6) is 0 Å². The number of ether oxygens (including phenoxy) is 1. The highest BCUT2D eigenvalue weighted by Crippen LogP contribution is 2.64. The van der Waals surface area contributed by atoms with Crippen LogP contribution in [0.25, 0.3) is 11.2 Å². The highest BCUT2D eigenvalue weighted by molar-refractivity contribution is 7.45. The zero-order valence-corrected chi connectivity index (χ0v) is 31.5. The van der Waals surface area contributed by atoms with Gasteiger partial charge in [0.15, 0.2) is 17.0 Å². The zero-order valence-electron chi connectivity index (χ0n) is 29.6. The Morgan fingerprint density at radius 2 is 1.62 bits per heavy atom. The van der Waals surface area contributed by atoms with Crippen molar-refractivity contribution in [3.63, 3.8) is 0 Å². The van der Waals surface area contributed by atoms with Crippen LogP contribution >= 0.6 is 8.53 Å². The molecule has 0 bridgehead atoms. The third-order valence-corrected chi connectivity index (χ3v) is 18.2. The minimum atomic E-state index is -2.14. The predicted octanol–water partition coefficient (Wildman–Crippen LogP) is 6.92. The summed E-state index contributed by atoms with van der Waals surface area (Å²) >= 11 is 0. The van der Waals surface area contributed by atoms with E-state index in [-0.39, 0.29) is 30.4 Å². The molecule has 10 nitrogen and oxygen atoms in total. The molecular weight excluding hydrogens is 688 g/mol. The number of carbonyl (C=O) groups is 1. The van der Waals surface area contributed by atoms with Crippen molar-refractivity contribution in [2.75, 3.05) is 5.32 Å². The van der Waals surface area contributed by atoms with E-state index in [9.17, 15) is 4.79 Å². The number of anilines is 1. The van der Waals surface area contributed by atoms with Crippen molar-refractivity contribution in [2.45, 2.75) is 94.7 Å². The van der Waals surface area contributed by atoms with E-state index in [1.165, 1.54) is 42.4 Å². The first kappa shape index (κ1) is 34.0. The van der Waals surface area contributed by atoms with Gasteiger partial charge in [0.1, 0.15) is 20.6 Å². The molecule has 4 fully saturated rings. The maximum atomic E-state index is 12.9. The Morgan fingerprint density at radius 3 is 2.33 bits per heavy atom. The van der Waals surface area contributed by atoms with E-state index in [1.807, 2.05) is 22.8 Å². The van der Waals surface area contributed by atoms with E-state index in [1.54, 1.807) is 18.5 Å². The number of aromatic nitrogens is 4. The molecule has 8 atom stereocenters. The lowest BCUT2D eigenvalue weighted by Crippen LogP contribution is -2.58. The number of hydrogen-bond acceptors (Lipinski definition) is 8. The molecule has 1 amide bonds. The van der Waals surface area contributed by atoms with Crippen molar-refractivity contribution in [2.24, 2.45) is 5.92 Å². The van der Waals surface area contributed by atoms with Gasteiger partial charge in [-0.2, -0.15) is 0 Å². The number of fused-ring (bicyclic) bond motifs is 4. The van der Waals surface area contributed by atoms with Crippen LogP contribution < -0.4 is 15.7 Å². The molecule has 3 aliphatic heterocycles. The van der Waals surface area contributed by atoms with E-state index < -0.39 is 16.6 Å². The molecule has 1 N–H and O–H groups in total. The Balaban J connectivity index is 0.962. The minimum Gasteiger partial charge on any atom is -0.352 e. The fraction of sp³-hybridized carbons (Fsp3) is 0.400. The van der Waals surface area contributed by atoms with Gasteiger partial charge in [0.25, 0.3) is 14.4 Å². The maximum Gasteiger partial charge on any atom is 0.260 e. The van der Waals surface area contributed by atoms with Crippen LogP contribution in [0.15, 0.2) is 104 Å². The van der Waals surface area contributed by atoms with Crippen LogP contribution in [0, 0.1) is 5.92 Å². The molecule has 5 aromatic rings. The molecule has 12 heteroatoms. The third kappa shape index (κ3) is 6.11. The number of nitrogens with one attached hydrogen (secondary N) is 1. The minimum absolute atomic E-state index is 0.0969. The average Bonchev–Trinajstić information content (AvgIpc) is 4.02. The van der Waals surface area contributed by atoms with Crippen molar-refractivity contribution in [3.8, 4) is 0 Å². The van der Waals surface area contributed by atoms with Gasteiger partial charge in [-0.05, 0) is 49.8 Å². The lowest BCUT2D eigenvalue weighted by molar-refractivity contribution is -0.0154. The highest BCUT2D eigenvalue weighted by atomic mass is 31.2. The standard InChI is InChI=1S/C40H45N6O4PSi/c1-3-33-34(23-36(48-33)45-26-43-37-38(41-25-42-39(37)45)44-40(47)27-14-7-4-8-15-27)49-51-46-31-21-13-16-28(31)22-32(46)35(50-51)24-52(2,29-17-9-5-10-18-29)30-19-11-6-12-20-30/h4-12,14-15,17-20,25-26,28,31-36H,3,13,16,21-24H2,1-2H3,(H,41,42,44,47)/t28-,31-,32-,33+,34?,35+,36+,51?/m0/s1. The summed E-state index contributed by atoms with van der Waals surface area (Å²) in [6.45, 7) is 4.67. The Bertz CT molecular complexity index is 1980. The monoisotopic (exact) mass is 732 g/mol. The van der Waals surface area contributed by atoms with E-state index in [0.29, 0.717) is 41.0 Å². The fourth-order valence-corrected chi connectivity index (χ4v) is 15.3. The summed E-state index contributed by atoms with van der Waals surface area (Å²) in [5.41, 5.74) is 1.68. The molecule has 1 saturated carbocycles. The number of amides is 1. The largest absolute Gasteiger partial charge is 0.352 e. The molecule has 52 heavy (non-hydrogen) atoms. The van der Waals surface area contributed by atoms with Gasteiger partial charge in [-0.3, -0.25) is 9.36 Å². The molecule has 3 aromatic carbocycles. The highest BCUT2D eigenvalue weighted by Gasteiger charge is 2.58. The van der Waals surface area contributed by atoms with Gasteiger partial charge in [0.05, 0.1) is 24.6 Å². The first-order chi connectivity index (χ1) is 25.5. The number of benzene rings is 3. The predicted molar refractivity (Wildman–Crippen MR) is 205 cm³/mol. The maximum absolute atomic E-state index is 12.9. The second-order valence-corrected chi connectivity index (χ2v) is 20.5. The molecule has 1 aliphatic carbocycles. The van der Waals surface area contributed by atoms with Gasteiger partial charge in [-0.15, -0.1) is 0 Å². The van der Waals surface area contributed by atoms with E-state index >= 15 is 0 Å². The molecule has 268 valence electrons. The number of hydrogen-bond donors (Lipinski definition) is 1. The lowest BCUT2D eigenvalue weighted by atomic mass is 10.00. The molecule has 2 unspecified atom stereocenters. The van der Waals surface area contributed by atoms with Gasteiger partial charge >= 0.3 is 0 Å². The van der Waals surface area contributed by atoms with E-state index in [2.05, 4.69) is 99.1 Å². The first-order valence-electron chi connectivity index (χ1n) is 18.7. The van der Waals surface area contributed by atoms with Crippen LogP contribution in [0.1, 0.15) is 62.0 Å². The zero-order chi connectivity index (χ0) is 35.2. The molecule has 3 saturated heterocycles. The van der Waals surface area contributed by atoms with Crippen molar-refractivity contribution in [3.05, 3.63) is 109 Å². The van der Waals surface area contributed by atoms with Crippen LogP contribution in [-0.4, -0.2) is 68.6 Å². The Hall–Kier alpha value is -3.83. The SMILES string of the molecule is CC[C@H]1O[C@@H](n2cnc3c(NC(=O)c4ccccc4)ncnc32)CC1OP1O[C@H](C[Si](C)(c2ccccc2)c2ccccc2)[C@@H]2C[C@@H]3CCC[C@@H]3N21. The topological polar surface area (TPSA) is 104 Å². The summed E-state index contributed by atoms with van der Waals surface area (Å²) in [7, 11) is -3.40. The summed E-state index contributed by atoms with van der Waals surface area (Å²) in [5.74, 6) is 0.843. The molecule has 5 heterocycles. The number of carbonyl (C=O) groups excluding carboxylic acids is 1. The second kappa shape index (κ2) is 14.2. The summed E-state index contributed by atoms with van der Waals surface area (Å²) in [5, 5.41) is 5.81. The third-order valence-electron chi connectivity index (χ3n) is 11.9. The van der Waals surface area contributed by atoms with Crippen molar-refractivity contribution in [1.29, 1.82) is 0 Å². The molecular formula is C40H45N6O4PSi. The van der Waals surface area contributed by atoms with Gasteiger partial charge in [0, 0.05) is 24.1 Å². The quantitative estimate of drug-likeness (QED) is 0.122. The Labute approximate surface area is 306 Å². The summed E-state index contributed by atoms with van der Waals surface area (Å²) in [4.78, 5) is 26.5. The Morgan fingerprint density at radius 1 is 0.904 bits per heavy atom. The van der Waals surface area contributed by atoms with Gasteiger partial charge in [-0.25, -0.2) is 19.6 Å². The molecule has 4 aliphatic rings. The van der Waals surface area contributed by atoms with E-state index in [0.717, 1.165) is 18.4 Å².